The van der Waals surface area contributed by atoms with Crippen molar-refractivity contribution in [3.63, 3.8) is 0 Å². The Morgan fingerprint density at radius 2 is 1.85 bits per heavy atom. The van der Waals surface area contributed by atoms with Crippen LogP contribution in [0.1, 0.15) is 28.3 Å². The number of hydrogen-bond donors (Lipinski definition) is 1. The molecule has 0 radical (unpaired) electrons. The van der Waals surface area contributed by atoms with Crippen LogP contribution in [0.5, 0.6) is 0 Å². The molecule has 0 fully saturated rings. The summed E-state index contributed by atoms with van der Waals surface area (Å²) < 4.78 is 0. The Bertz CT molecular complexity index is 634. The number of fused-ring (bicyclic) bond motifs is 1. The molecule has 0 saturated heterocycles. The third-order valence-corrected chi connectivity index (χ3v) is 3.92. The maximum Gasteiger partial charge on any atom is 0.408 e. The molecule has 0 aromatic heterocycles. The number of hydrogen-bond acceptors (Lipinski definition) is 1. The summed E-state index contributed by atoms with van der Waals surface area (Å²) in [7, 11) is 0. The van der Waals surface area contributed by atoms with Crippen LogP contribution in [0.25, 0.3) is 0 Å². The van der Waals surface area contributed by atoms with Crippen molar-refractivity contribution in [1.29, 1.82) is 0 Å². The Balaban J connectivity index is 2.11. The lowest BCUT2D eigenvalue weighted by molar-refractivity contribution is 0.129. The fraction of sp³-hybridized carbons (Fsp3) is 0.235. The first-order valence-corrected chi connectivity index (χ1v) is 6.81. The SMILES string of the molecule is Cc1ccc(C2c3ccccc3CCN2C(=O)O)cc1. The number of amides is 1. The second-order valence-electron chi connectivity index (χ2n) is 5.24. The first-order chi connectivity index (χ1) is 9.66. The minimum atomic E-state index is -0.856. The normalized spacial score (nSPS) is 17.6. The number of carbonyl (C=O) groups is 1. The third kappa shape index (κ3) is 2.16. The van der Waals surface area contributed by atoms with Crippen LogP contribution in [-0.4, -0.2) is 22.6 Å². The van der Waals surface area contributed by atoms with Gasteiger partial charge in [0.25, 0.3) is 0 Å². The lowest BCUT2D eigenvalue weighted by Gasteiger charge is -2.35. The largest absolute Gasteiger partial charge is 0.465 e. The molecule has 1 aliphatic heterocycles. The van der Waals surface area contributed by atoms with Crippen molar-refractivity contribution in [2.75, 3.05) is 6.54 Å². The lowest BCUT2D eigenvalue weighted by atomic mass is 9.88. The van der Waals surface area contributed by atoms with Crippen molar-refractivity contribution >= 4 is 6.09 Å². The smallest absolute Gasteiger partial charge is 0.408 e. The van der Waals surface area contributed by atoms with E-state index in [0.29, 0.717) is 6.54 Å². The minimum Gasteiger partial charge on any atom is -0.465 e. The number of benzene rings is 2. The monoisotopic (exact) mass is 267 g/mol. The van der Waals surface area contributed by atoms with Gasteiger partial charge in [0.15, 0.2) is 0 Å². The van der Waals surface area contributed by atoms with Gasteiger partial charge < -0.3 is 5.11 Å². The molecule has 3 heteroatoms. The van der Waals surface area contributed by atoms with Crippen LogP contribution >= 0.6 is 0 Å². The molecular formula is C17H17NO2. The Morgan fingerprint density at radius 1 is 1.15 bits per heavy atom. The molecule has 1 unspecified atom stereocenters. The van der Waals surface area contributed by atoms with Gasteiger partial charge in [0, 0.05) is 6.54 Å². The first-order valence-electron chi connectivity index (χ1n) is 6.81. The second kappa shape index (κ2) is 5.00. The van der Waals surface area contributed by atoms with Gasteiger partial charge >= 0.3 is 6.09 Å². The highest BCUT2D eigenvalue weighted by atomic mass is 16.4. The summed E-state index contributed by atoms with van der Waals surface area (Å²) in [5.41, 5.74) is 4.56. The highest BCUT2D eigenvalue weighted by Crippen LogP contribution is 2.35. The number of aryl methyl sites for hydroxylation is 1. The molecule has 3 rings (SSSR count). The van der Waals surface area contributed by atoms with Crippen LogP contribution in [0.4, 0.5) is 4.79 Å². The molecule has 1 N–H and O–H groups in total. The summed E-state index contributed by atoms with van der Waals surface area (Å²) in [6.45, 7) is 2.58. The molecule has 3 nitrogen and oxygen atoms in total. The molecule has 0 aliphatic carbocycles. The summed E-state index contributed by atoms with van der Waals surface area (Å²) in [4.78, 5) is 13.1. The van der Waals surface area contributed by atoms with E-state index in [1.165, 1.54) is 16.0 Å². The van der Waals surface area contributed by atoms with E-state index in [2.05, 4.69) is 6.07 Å². The van der Waals surface area contributed by atoms with Crippen LogP contribution < -0.4 is 0 Å². The Morgan fingerprint density at radius 3 is 2.55 bits per heavy atom. The standard InChI is InChI=1S/C17H17NO2/c1-12-6-8-14(9-7-12)16-15-5-3-2-4-13(15)10-11-18(16)17(19)20/h2-9,16H,10-11H2,1H3,(H,19,20). The highest BCUT2D eigenvalue weighted by molar-refractivity contribution is 5.67. The molecular weight excluding hydrogens is 250 g/mol. The Kier molecular flexibility index (Phi) is 3.18. The zero-order valence-electron chi connectivity index (χ0n) is 11.4. The van der Waals surface area contributed by atoms with E-state index in [9.17, 15) is 9.90 Å². The van der Waals surface area contributed by atoms with Crippen LogP contribution in [0.2, 0.25) is 0 Å². The lowest BCUT2D eigenvalue weighted by Crippen LogP contribution is -2.39. The van der Waals surface area contributed by atoms with Gasteiger partial charge in [-0.2, -0.15) is 0 Å². The second-order valence-corrected chi connectivity index (χ2v) is 5.24. The number of nitrogens with zero attached hydrogens (tertiary/aromatic N) is 1. The quantitative estimate of drug-likeness (QED) is 0.857. The summed E-state index contributed by atoms with van der Waals surface area (Å²) in [6.07, 6.45) is -0.0738. The van der Waals surface area contributed by atoms with E-state index < -0.39 is 6.09 Å². The average Bonchev–Trinajstić information content (AvgIpc) is 2.47. The van der Waals surface area contributed by atoms with Crippen LogP contribution in [-0.2, 0) is 6.42 Å². The van der Waals surface area contributed by atoms with Crippen LogP contribution in [0, 0.1) is 6.92 Å². The molecule has 0 spiro atoms. The maximum absolute atomic E-state index is 11.5. The molecule has 2 aromatic rings. The molecule has 1 aliphatic rings. The van der Waals surface area contributed by atoms with Gasteiger partial charge in [-0.3, -0.25) is 4.90 Å². The fourth-order valence-corrected chi connectivity index (χ4v) is 2.88. The summed E-state index contributed by atoms with van der Waals surface area (Å²) in [5.74, 6) is 0. The third-order valence-electron chi connectivity index (χ3n) is 3.92. The average molecular weight is 267 g/mol. The molecule has 102 valence electrons. The topological polar surface area (TPSA) is 40.5 Å². The van der Waals surface area contributed by atoms with Gasteiger partial charge in [0.2, 0.25) is 0 Å². The molecule has 20 heavy (non-hydrogen) atoms. The molecule has 1 atom stereocenters. The maximum atomic E-state index is 11.5. The van der Waals surface area contributed by atoms with E-state index in [-0.39, 0.29) is 6.04 Å². The van der Waals surface area contributed by atoms with Crippen molar-refractivity contribution in [3.8, 4) is 0 Å². The predicted octanol–water partition coefficient (Wildman–Crippen LogP) is 3.62. The zero-order valence-corrected chi connectivity index (χ0v) is 11.4. The van der Waals surface area contributed by atoms with Crippen LogP contribution in [0.15, 0.2) is 48.5 Å². The minimum absolute atomic E-state index is 0.196. The molecule has 1 heterocycles. The van der Waals surface area contributed by atoms with Gasteiger partial charge in [0.1, 0.15) is 0 Å². The van der Waals surface area contributed by atoms with E-state index in [1.807, 2.05) is 49.4 Å². The van der Waals surface area contributed by atoms with Gasteiger partial charge in [0.05, 0.1) is 6.04 Å². The summed E-state index contributed by atoms with van der Waals surface area (Å²) in [5, 5.41) is 9.48. The fourth-order valence-electron chi connectivity index (χ4n) is 2.88. The summed E-state index contributed by atoms with van der Waals surface area (Å²) in [6, 6.07) is 16.0. The van der Waals surface area contributed by atoms with Crippen molar-refractivity contribution < 1.29 is 9.90 Å². The predicted molar refractivity (Wildman–Crippen MR) is 77.9 cm³/mol. The highest BCUT2D eigenvalue weighted by Gasteiger charge is 2.31. The van der Waals surface area contributed by atoms with Gasteiger partial charge in [-0.25, -0.2) is 4.79 Å². The van der Waals surface area contributed by atoms with Crippen molar-refractivity contribution in [2.24, 2.45) is 0 Å². The van der Waals surface area contributed by atoms with Gasteiger partial charge in [-0.05, 0) is 30.0 Å². The van der Waals surface area contributed by atoms with Crippen molar-refractivity contribution in [1.82, 2.24) is 4.90 Å². The molecule has 0 saturated carbocycles. The zero-order chi connectivity index (χ0) is 14.1. The molecule has 1 amide bonds. The number of carboxylic acid groups (broad SMARTS) is 1. The summed E-state index contributed by atoms with van der Waals surface area (Å²) >= 11 is 0. The van der Waals surface area contributed by atoms with Gasteiger partial charge in [-0.15, -0.1) is 0 Å². The van der Waals surface area contributed by atoms with Crippen molar-refractivity contribution in [2.45, 2.75) is 19.4 Å². The van der Waals surface area contributed by atoms with E-state index in [1.54, 1.807) is 0 Å². The number of rotatable bonds is 1. The van der Waals surface area contributed by atoms with Crippen molar-refractivity contribution in [3.05, 3.63) is 70.8 Å². The van der Waals surface area contributed by atoms with Crippen LogP contribution in [0.3, 0.4) is 0 Å². The van der Waals surface area contributed by atoms with E-state index in [4.69, 9.17) is 0 Å². The Hall–Kier alpha value is -2.29. The van der Waals surface area contributed by atoms with E-state index >= 15 is 0 Å². The molecule has 0 bridgehead atoms. The van der Waals surface area contributed by atoms with E-state index in [0.717, 1.165) is 17.5 Å². The first kappa shape index (κ1) is 12.7. The Labute approximate surface area is 118 Å². The van der Waals surface area contributed by atoms with Gasteiger partial charge in [-0.1, -0.05) is 54.1 Å². The molecule has 2 aromatic carbocycles.